The maximum atomic E-state index is 11.0. The second-order valence-electron chi connectivity index (χ2n) is 2.60. The molecule has 0 aliphatic carbocycles. The predicted octanol–water partition coefficient (Wildman–Crippen LogP) is 1.31. The first-order valence-corrected chi connectivity index (χ1v) is 3.67. The van der Waals surface area contributed by atoms with Gasteiger partial charge in [0.25, 0.3) is 0 Å². The summed E-state index contributed by atoms with van der Waals surface area (Å²) in [6.07, 6.45) is 0. The molecule has 0 unspecified atom stereocenters. The molecule has 1 aromatic rings. The molecule has 0 radical (unpaired) electrons. The van der Waals surface area contributed by atoms with Gasteiger partial charge in [0.1, 0.15) is 5.75 Å². The summed E-state index contributed by atoms with van der Waals surface area (Å²) >= 11 is 0. The minimum Gasteiger partial charge on any atom is -0.508 e. The van der Waals surface area contributed by atoms with Crippen LogP contribution in [0.25, 0.3) is 0 Å². The highest BCUT2D eigenvalue weighted by Gasteiger charge is 2.13. The Balaban J connectivity index is 3.35. The monoisotopic (exact) mass is 182 g/mol. The summed E-state index contributed by atoms with van der Waals surface area (Å²) < 4.78 is 4.75. The number of ketones is 1. The molecule has 4 heteroatoms. The van der Waals surface area contributed by atoms with Gasteiger partial charge in [0.15, 0.2) is 17.3 Å². The first-order chi connectivity index (χ1) is 6.06. The number of rotatable bonds is 2. The summed E-state index contributed by atoms with van der Waals surface area (Å²) in [5.74, 6) is -0.593. The average Bonchev–Trinajstić information content (AvgIpc) is 2.08. The van der Waals surface area contributed by atoms with Gasteiger partial charge < -0.3 is 14.9 Å². The summed E-state index contributed by atoms with van der Waals surface area (Å²) in [6, 6.07) is 2.43. The third-order valence-corrected chi connectivity index (χ3v) is 1.66. The Bertz CT molecular complexity index is 344. The van der Waals surface area contributed by atoms with Gasteiger partial charge in [-0.25, -0.2) is 0 Å². The smallest absolute Gasteiger partial charge is 0.168 e. The van der Waals surface area contributed by atoms with Gasteiger partial charge in [-0.2, -0.15) is 0 Å². The van der Waals surface area contributed by atoms with Gasteiger partial charge >= 0.3 is 0 Å². The largest absolute Gasteiger partial charge is 0.508 e. The zero-order valence-electron chi connectivity index (χ0n) is 7.37. The summed E-state index contributed by atoms with van der Waals surface area (Å²) in [7, 11) is 1.35. The van der Waals surface area contributed by atoms with Gasteiger partial charge in [-0.05, 0) is 13.0 Å². The molecule has 0 aromatic heterocycles. The fourth-order valence-electron chi connectivity index (χ4n) is 1.02. The number of ether oxygens (including phenoxy) is 1. The van der Waals surface area contributed by atoms with Crippen molar-refractivity contribution in [3.63, 3.8) is 0 Å². The number of hydrogen-bond donors (Lipinski definition) is 2. The highest BCUT2D eigenvalue weighted by molar-refractivity contribution is 5.98. The van der Waals surface area contributed by atoms with Crippen molar-refractivity contribution in [2.24, 2.45) is 0 Å². The first-order valence-electron chi connectivity index (χ1n) is 3.67. The summed E-state index contributed by atoms with van der Waals surface area (Å²) in [5, 5.41) is 18.6. The van der Waals surface area contributed by atoms with E-state index >= 15 is 0 Å². The van der Waals surface area contributed by atoms with Crippen molar-refractivity contribution in [3.8, 4) is 17.2 Å². The maximum absolute atomic E-state index is 11.0. The fourth-order valence-corrected chi connectivity index (χ4v) is 1.02. The topological polar surface area (TPSA) is 66.8 Å². The van der Waals surface area contributed by atoms with Crippen LogP contribution in [0.2, 0.25) is 0 Å². The van der Waals surface area contributed by atoms with E-state index in [-0.39, 0.29) is 28.6 Å². The van der Waals surface area contributed by atoms with Gasteiger partial charge in [0, 0.05) is 6.07 Å². The van der Waals surface area contributed by atoms with E-state index < -0.39 is 0 Å². The van der Waals surface area contributed by atoms with Crippen LogP contribution in [-0.2, 0) is 0 Å². The Morgan fingerprint density at radius 3 is 2.46 bits per heavy atom. The molecule has 2 N–H and O–H groups in total. The lowest BCUT2D eigenvalue weighted by atomic mass is 10.1. The molecular formula is C9H10O4. The molecule has 0 bridgehead atoms. The molecule has 0 saturated heterocycles. The molecule has 0 atom stereocenters. The van der Waals surface area contributed by atoms with E-state index in [4.69, 9.17) is 9.84 Å². The second kappa shape index (κ2) is 3.35. The Morgan fingerprint density at radius 1 is 1.38 bits per heavy atom. The Labute approximate surface area is 75.4 Å². The molecule has 4 nitrogen and oxygen atoms in total. The van der Waals surface area contributed by atoms with E-state index in [0.717, 1.165) is 0 Å². The van der Waals surface area contributed by atoms with Gasteiger partial charge in [0.05, 0.1) is 12.7 Å². The number of benzene rings is 1. The van der Waals surface area contributed by atoms with E-state index in [1.54, 1.807) is 0 Å². The van der Waals surface area contributed by atoms with Crippen molar-refractivity contribution in [3.05, 3.63) is 17.7 Å². The van der Waals surface area contributed by atoms with Crippen molar-refractivity contribution in [1.29, 1.82) is 0 Å². The predicted molar refractivity (Wildman–Crippen MR) is 46.3 cm³/mol. The lowest BCUT2D eigenvalue weighted by Crippen LogP contribution is -1.94. The molecule has 0 saturated carbocycles. The van der Waals surface area contributed by atoms with E-state index in [1.165, 1.54) is 26.2 Å². The molecule has 0 spiro atoms. The quantitative estimate of drug-likeness (QED) is 0.534. The molecule has 0 aliphatic heterocycles. The van der Waals surface area contributed by atoms with Crippen molar-refractivity contribution in [2.45, 2.75) is 6.92 Å². The van der Waals surface area contributed by atoms with Crippen LogP contribution >= 0.6 is 0 Å². The maximum Gasteiger partial charge on any atom is 0.168 e. The minimum atomic E-state index is -0.327. The molecule has 0 amide bonds. The third-order valence-electron chi connectivity index (χ3n) is 1.66. The van der Waals surface area contributed by atoms with E-state index in [9.17, 15) is 9.90 Å². The standard InChI is InChI=1S/C9H10O4/c1-5(10)7-3-6(11)4-8(13-2)9(7)12/h3-4,11-12H,1-2H3. The summed E-state index contributed by atoms with van der Waals surface area (Å²) in [4.78, 5) is 11.0. The molecular weight excluding hydrogens is 172 g/mol. The minimum absolute atomic E-state index is 0.0526. The van der Waals surface area contributed by atoms with Crippen LogP contribution in [0.15, 0.2) is 12.1 Å². The number of carbonyl (C=O) groups is 1. The van der Waals surface area contributed by atoms with Gasteiger partial charge in [-0.1, -0.05) is 0 Å². The van der Waals surface area contributed by atoms with Crippen LogP contribution in [0.1, 0.15) is 17.3 Å². The van der Waals surface area contributed by atoms with Crippen LogP contribution in [0.4, 0.5) is 0 Å². The number of phenols is 2. The Kier molecular flexibility index (Phi) is 2.41. The molecule has 13 heavy (non-hydrogen) atoms. The Morgan fingerprint density at radius 2 is 2.00 bits per heavy atom. The SMILES string of the molecule is COc1cc(O)cc(C(C)=O)c1O. The van der Waals surface area contributed by atoms with Crippen LogP contribution in [0, 0.1) is 0 Å². The molecule has 1 aromatic carbocycles. The molecule has 0 aliphatic rings. The van der Waals surface area contributed by atoms with Crippen LogP contribution in [0.3, 0.4) is 0 Å². The Hall–Kier alpha value is -1.71. The number of carbonyl (C=O) groups excluding carboxylic acids is 1. The van der Waals surface area contributed by atoms with Crippen molar-refractivity contribution in [2.75, 3.05) is 7.11 Å². The number of Topliss-reactive ketones (excluding diaryl/α,β-unsaturated/α-hetero) is 1. The molecule has 0 fully saturated rings. The normalized spacial score (nSPS) is 9.69. The highest BCUT2D eigenvalue weighted by atomic mass is 16.5. The first kappa shape index (κ1) is 9.38. The fraction of sp³-hybridized carbons (Fsp3) is 0.222. The average molecular weight is 182 g/mol. The van der Waals surface area contributed by atoms with E-state index in [2.05, 4.69) is 0 Å². The van der Waals surface area contributed by atoms with E-state index in [1.807, 2.05) is 0 Å². The van der Waals surface area contributed by atoms with Crippen molar-refractivity contribution < 1.29 is 19.7 Å². The highest BCUT2D eigenvalue weighted by Crippen LogP contribution is 2.34. The second-order valence-corrected chi connectivity index (χ2v) is 2.60. The number of hydrogen-bond acceptors (Lipinski definition) is 4. The zero-order chi connectivity index (χ0) is 10.0. The molecule has 1 rings (SSSR count). The van der Waals surface area contributed by atoms with Gasteiger partial charge in [-0.3, -0.25) is 4.79 Å². The lowest BCUT2D eigenvalue weighted by Gasteiger charge is -2.07. The van der Waals surface area contributed by atoms with Gasteiger partial charge in [-0.15, -0.1) is 0 Å². The summed E-state index contributed by atoms with van der Waals surface area (Å²) in [5.41, 5.74) is 0.0526. The van der Waals surface area contributed by atoms with Crippen molar-refractivity contribution in [1.82, 2.24) is 0 Å². The number of methoxy groups -OCH3 is 1. The zero-order valence-corrected chi connectivity index (χ0v) is 7.37. The van der Waals surface area contributed by atoms with Gasteiger partial charge in [0.2, 0.25) is 0 Å². The molecule has 0 heterocycles. The molecule has 70 valence electrons. The lowest BCUT2D eigenvalue weighted by molar-refractivity contribution is 0.101. The third kappa shape index (κ3) is 1.72. The summed E-state index contributed by atoms with van der Waals surface area (Å²) in [6.45, 7) is 1.30. The number of phenolic OH excluding ortho intramolecular Hbond substituents is 2. The van der Waals surface area contributed by atoms with Crippen molar-refractivity contribution >= 4 is 5.78 Å². The van der Waals surface area contributed by atoms with Crippen LogP contribution in [-0.4, -0.2) is 23.1 Å². The van der Waals surface area contributed by atoms with E-state index in [0.29, 0.717) is 0 Å². The van der Waals surface area contributed by atoms with Crippen LogP contribution < -0.4 is 4.74 Å². The van der Waals surface area contributed by atoms with Crippen LogP contribution in [0.5, 0.6) is 17.2 Å². The number of aromatic hydroxyl groups is 2.